The number of amides is 2. The van der Waals surface area contributed by atoms with Crippen molar-refractivity contribution in [1.29, 1.82) is 0 Å². The normalized spacial score (nSPS) is 11.2. The van der Waals surface area contributed by atoms with Gasteiger partial charge in [-0.2, -0.15) is 5.10 Å². The lowest BCUT2D eigenvalue weighted by Crippen LogP contribution is -2.35. The highest BCUT2D eigenvalue weighted by Gasteiger charge is 2.22. The molecule has 0 saturated carbocycles. The number of aromatic nitrogens is 3. The van der Waals surface area contributed by atoms with E-state index in [0.717, 1.165) is 27.9 Å². The van der Waals surface area contributed by atoms with Gasteiger partial charge in [0.25, 0.3) is 5.91 Å². The molecule has 0 aliphatic carbocycles. The van der Waals surface area contributed by atoms with Gasteiger partial charge in [0.15, 0.2) is 5.65 Å². The zero-order valence-electron chi connectivity index (χ0n) is 21.1. The molecule has 0 fully saturated rings. The quantitative estimate of drug-likeness (QED) is 0.415. The summed E-state index contributed by atoms with van der Waals surface area (Å²) in [4.78, 5) is 32.7. The molecule has 1 N–H and O–H groups in total. The Labute approximate surface area is 205 Å². The molecule has 35 heavy (non-hydrogen) atoms. The largest absolute Gasteiger partial charge is 0.332 e. The van der Waals surface area contributed by atoms with Crippen LogP contribution in [0.3, 0.4) is 0 Å². The number of likely N-dealkylation sites (N-methyl/N-ethyl adjacent to an activating group) is 1. The van der Waals surface area contributed by atoms with Gasteiger partial charge >= 0.3 is 0 Å². The Morgan fingerprint density at radius 3 is 2.31 bits per heavy atom. The van der Waals surface area contributed by atoms with Gasteiger partial charge in [-0.25, -0.2) is 9.67 Å². The molecule has 2 aromatic heterocycles. The highest BCUT2D eigenvalue weighted by atomic mass is 16.2. The maximum absolute atomic E-state index is 13.6. The van der Waals surface area contributed by atoms with Crippen LogP contribution < -0.4 is 5.32 Å². The highest BCUT2D eigenvalue weighted by Crippen LogP contribution is 2.27. The average Bonchev–Trinajstić information content (AvgIpc) is 3.25. The monoisotopic (exact) mass is 469 g/mol. The summed E-state index contributed by atoms with van der Waals surface area (Å²) in [5.74, 6) is -0.507. The summed E-state index contributed by atoms with van der Waals surface area (Å²) in [6.45, 7) is 9.94. The number of hydrogen-bond acceptors (Lipinski definition) is 4. The molecule has 0 radical (unpaired) electrons. The number of benzene rings is 2. The van der Waals surface area contributed by atoms with E-state index >= 15 is 0 Å². The molecule has 4 aromatic rings. The van der Waals surface area contributed by atoms with Crippen LogP contribution in [0.4, 0.5) is 5.69 Å². The fraction of sp³-hybridized carbons (Fsp3) is 0.286. The predicted molar refractivity (Wildman–Crippen MR) is 140 cm³/mol. The number of rotatable bonds is 6. The zero-order chi connectivity index (χ0) is 25.3. The molecular formula is C28H31N5O2. The van der Waals surface area contributed by atoms with Crippen molar-refractivity contribution in [3.05, 3.63) is 77.0 Å². The van der Waals surface area contributed by atoms with Crippen LogP contribution in [0.25, 0.3) is 22.3 Å². The van der Waals surface area contributed by atoms with Crippen LogP contribution >= 0.6 is 0 Å². The first kappa shape index (κ1) is 24.1. The minimum Gasteiger partial charge on any atom is -0.332 e. The summed E-state index contributed by atoms with van der Waals surface area (Å²) >= 11 is 0. The fourth-order valence-corrected chi connectivity index (χ4v) is 4.38. The molecule has 0 bridgehead atoms. The molecule has 0 atom stereocenters. The van der Waals surface area contributed by atoms with E-state index in [2.05, 4.69) is 10.4 Å². The summed E-state index contributed by atoms with van der Waals surface area (Å²) in [7, 11) is 1.64. The van der Waals surface area contributed by atoms with Crippen LogP contribution in [0.5, 0.6) is 0 Å². The Morgan fingerprint density at radius 2 is 1.69 bits per heavy atom. The van der Waals surface area contributed by atoms with Gasteiger partial charge in [-0.3, -0.25) is 9.59 Å². The molecule has 4 rings (SSSR count). The second-order valence-corrected chi connectivity index (χ2v) is 9.32. The second kappa shape index (κ2) is 9.70. The van der Waals surface area contributed by atoms with E-state index in [9.17, 15) is 9.59 Å². The number of nitrogens with zero attached hydrogens (tertiary/aromatic N) is 4. The fourth-order valence-electron chi connectivity index (χ4n) is 4.38. The third-order valence-corrected chi connectivity index (χ3v) is 6.02. The van der Waals surface area contributed by atoms with E-state index in [1.807, 2.05) is 81.8 Å². The van der Waals surface area contributed by atoms with Crippen LogP contribution in [0, 0.1) is 20.8 Å². The van der Waals surface area contributed by atoms with Gasteiger partial charge < -0.3 is 10.2 Å². The smallest absolute Gasteiger partial charge is 0.254 e. The number of fused-ring (bicyclic) bond motifs is 1. The molecule has 0 aliphatic rings. The lowest BCUT2D eigenvalue weighted by atomic mass is 10.0. The maximum atomic E-state index is 13.6. The lowest BCUT2D eigenvalue weighted by Gasteiger charge is -2.19. The van der Waals surface area contributed by atoms with Crippen LogP contribution in [-0.2, 0) is 4.79 Å². The molecule has 180 valence electrons. The number of hydrogen-bond donors (Lipinski definition) is 1. The number of nitrogens with one attached hydrogen (secondary N) is 1. The van der Waals surface area contributed by atoms with Crippen molar-refractivity contribution >= 4 is 28.5 Å². The molecule has 2 heterocycles. The Morgan fingerprint density at radius 1 is 1.03 bits per heavy atom. The van der Waals surface area contributed by atoms with E-state index in [-0.39, 0.29) is 24.4 Å². The van der Waals surface area contributed by atoms with Crippen molar-refractivity contribution in [1.82, 2.24) is 19.7 Å². The molecule has 0 saturated heterocycles. The lowest BCUT2D eigenvalue weighted by molar-refractivity contribution is -0.116. The van der Waals surface area contributed by atoms with Gasteiger partial charge in [0.05, 0.1) is 29.4 Å². The van der Waals surface area contributed by atoms with Gasteiger partial charge in [-0.15, -0.1) is 0 Å². The highest BCUT2D eigenvalue weighted by molar-refractivity contribution is 6.08. The number of anilines is 1. The van der Waals surface area contributed by atoms with Crippen LogP contribution in [0.15, 0.2) is 54.7 Å². The predicted octanol–water partition coefficient (Wildman–Crippen LogP) is 5.32. The minimum atomic E-state index is -0.259. The third kappa shape index (κ3) is 4.94. The van der Waals surface area contributed by atoms with E-state index < -0.39 is 0 Å². The molecule has 2 amide bonds. The number of pyridine rings is 1. The number of carbonyl (C=O) groups is 2. The second-order valence-electron chi connectivity index (χ2n) is 9.32. The molecule has 0 unspecified atom stereocenters. The summed E-state index contributed by atoms with van der Waals surface area (Å²) in [6.07, 6.45) is 1.68. The van der Waals surface area contributed by atoms with Crippen molar-refractivity contribution in [2.24, 2.45) is 0 Å². The van der Waals surface area contributed by atoms with E-state index in [4.69, 9.17) is 4.98 Å². The Bertz CT molecular complexity index is 1380. The Kier molecular flexibility index (Phi) is 6.69. The standard InChI is InChI=1S/C28H31N5O2/c1-17(2)33-27-23(15-29-33)22(14-24(30-27)21-10-8-7-9-11-21)28(35)32(6)16-25(34)31-26-19(4)12-18(3)13-20(26)5/h7-15,17H,16H2,1-6H3,(H,31,34). The number of aryl methyl sites for hydroxylation is 3. The first-order valence-electron chi connectivity index (χ1n) is 11.7. The molecule has 7 heteroatoms. The average molecular weight is 470 g/mol. The maximum Gasteiger partial charge on any atom is 0.254 e. The van der Waals surface area contributed by atoms with Crippen LogP contribution in [0.2, 0.25) is 0 Å². The SMILES string of the molecule is Cc1cc(C)c(NC(=O)CN(C)C(=O)c2cc(-c3ccccc3)nc3c2cnn3C(C)C)c(C)c1. The summed E-state index contributed by atoms with van der Waals surface area (Å²) in [6, 6.07) is 15.7. The molecule has 0 spiro atoms. The first-order valence-corrected chi connectivity index (χ1v) is 11.7. The van der Waals surface area contributed by atoms with Gasteiger partial charge in [-0.1, -0.05) is 48.0 Å². The van der Waals surface area contributed by atoms with Crippen molar-refractivity contribution in [3.63, 3.8) is 0 Å². The van der Waals surface area contributed by atoms with E-state index in [1.165, 1.54) is 4.90 Å². The summed E-state index contributed by atoms with van der Waals surface area (Å²) < 4.78 is 1.81. The molecule has 2 aromatic carbocycles. The van der Waals surface area contributed by atoms with Crippen molar-refractivity contribution in [2.45, 2.75) is 40.7 Å². The number of carbonyl (C=O) groups excluding carboxylic acids is 2. The third-order valence-electron chi connectivity index (χ3n) is 6.02. The Balaban J connectivity index is 1.65. The molecular weight excluding hydrogens is 438 g/mol. The molecule has 0 aliphatic heterocycles. The van der Waals surface area contributed by atoms with Gasteiger partial charge in [-0.05, 0) is 51.8 Å². The molecule has 7 nitrogen and oxygen atoms in total. The van der Waals surface area contributed by atoms with E-state index in [0.29, 0.717) is 22.3 Å². The topological polar surface area (TPSA) is 80.1 Å². The minimum absolute atomic E-state index is 0.0750. The summed E-state index contributed by atoms with van der Waals surface area (Å²) in [5, 5.41) is 8.12. The van der Waals surface area contributed by atoms with Crippen LogP contribution in [0.1, 0.15) is 46.9 Å². The van der Waals surface area contributed by atoms with E-state index in [1.54, 1.807) is 19.3 Å². The van der Waals surface area contributed by atoms with Crippen molar-refractivity contribution in [3.8, 4) is 11.3 Å². The Hall–Kier alpha value is -4.00. The van der Waals surface area contributed by atoms with Crippen LogP contribution in [-0.4, -0.2) is 45.1 Å². The van der Waals surface area contributed by atoms with Gasteiger partial charge in [0.1, 0.15) is 0 Å². The van der Waals surface area contributed by atoms with Crippen molar-refractivity contribution < 1.29 is 9.59 Å². The summed E-state index contributed by atoms with van der Waals surface area (Å²) in [5.41, 5.74) is 6.63. The van der Waals surface area contributed by atoms with Gasteiger partial charge in [0, 0.05) is 24.3 Å². The van der Waals surface area contributed by atoms with Crippen molar-refractivity contribution in [2.75, 3.05) is 18.9 Å². The van der Waals surface area contributed by atoms with Gasteiger partial charge in [0.2, 0.25) is 5.91 Å². The zero-order valence-corrected chi connectivity index (χ0v) is 21.1. The first-order chi connectivity index (χ1) is 16.7.